The standard InChI is InChI=1S/C22H36/c1-10-13-14-20(15-17(4)5)22(9,12-3)21(16-18(6)7)19(8)11-2/h10,13-16H,11-12H2,1-9H3/b13-10?,20-14+,21-19+. The Morgan fingerprint density at radius 2 is 1.45 bits per heavy atom. The van der Waals surface area contributed by atoms with E-state index in [1.807, 2.05) is 0 Å². The van der Waals surface area contributed by atoms with Crippen LogP contribution in [0, 0.1) is 5.41 Å². The Bertz CT molecular complexity index is 498. The van der Waals surface area contributed by atoms with Crippen molar-refractivity contribution < 1.29 is 0 Å². The average molecular weight is 301 g/mol. The van der Waals surface area contributed by atoms with Crippen molar-refractivity contribution in [3.63, 3.8) is 0 Å². The van der Waals surface area contributed by atoms with Gasteiger partial charge >= 0.3 is 0 Å². The van der Waals surface area contributed by atoms with Crippen molar-refractivity contribution in [1.29, 1.82) is 0 Å². The van der Waals surface area contributed by atoms with E-state index < -0.39 is 0 Å². The second kappa shape index (κ2) is 9.66. The van der Waals surface area contributed by atoms with E-state index in [0.29, 0.717) is 0 Å². The van der Waals surface area contributed by atoms with E-state index in [4.69, 9.17) is 0 Å². The highest BCUT2D eigenvalue weighted by Crippen LogP contribution is 2.43. The molecule has 0 fully saturated rings. The molecule has 0 heteroatoms. The van der Waals surface area contributed by atoms with Crippen molar-refractivity contribution in [2.24, 2.45) is 5.41 Å². The van der Waals surface area contributed by atoms with Crippen LogP contribution in [0.15, 0.2) is 58.2 Å². The Hall–Kier alpha value is -1.30. The fourth-order valence-electron chi connectivity index (χ4n) is 2.68. The van der Waals surface area contributed by atoms with Gasteiger partial charge in [-0.15, -0.1) is 0 Å². The van der Waals surface area contributed by atoms with E-state index in [1.165, 1.54) is 27.9 Å². The molecule has 0 spiro atoms. The summed E-state index contributed by atoms with van der Waals surface area (Å²) >= 11 is 0. The maximum atomic E-state index is 2.38. The summed E-state index contributed by atoms with van der Waals surface area (Å²) in [4.78, 5) is 0. The molecule has 0 aromatic heterocycles. The van der Waals surface area contributed by atoms with E-state index in [0.717, 1.165) is 12.8 Å². The Morgan fingerprint density at radius 1 is 0.909 bits per heavy atom. The zero-order chi connectivity index (χ0) is 17.3. The van der Waals surface area contributed by atoms with Gasteiger partial charge in [-0.3, -0.25) is 0 Å². The predicted octanol–water partition coefficient (Wildman–Crippen LogP) is 7.56. The molecule has 0 N–H and O–H groups in total. The summed E-state index contributed by atoms with van der Waals surface area (Å²) in [6.07, 6.45) is 13.4. The third-order valence-corrected chi connectivity index (χ3v) is 4.27. The minimum Gasteiger partial charge on any atom is -0.0877 e. The highest BCUT2D eigenvalue weighted by Gasteiger charge is 2.30. The van der Waals surface area contributed by atoms with E-state index in [1.54, 1.807) is 0 Å². The first-order chi connectivity index (χ1) is 10.2. The van der Waals surface area contributed by atoms with Gasteiger partial charge in [0.05, 0.1) is 0 Å². The van der Waals surface area contributed by atoms with Crippen LogP contribution >= 0.6 is 0 Å². The Morgan fingerprint density at radius 3 is 1.82 bits per heavy atom. The van der Waals surface area contributed by atoms with Gasteiger partial charge in [-0.25, -0.2) is 0 Å². The molecule has 1 atom stereocenters. The molecular formula is C22H36. The van der Waals surface area contributed by atoms with Crippen LogP contribution in [-0.2, 0) is 0 Å². The molecule has 0 aromatic rings. The molecule has 0 rings (SSSR count). The monoisotopic (exact) mass is 300 g/mol. The van der Waals surface area contributed by atoms with Crippen LogP contribution in [0.4, 0.5) is 0 Å². The van der Waals surface area contributed by atoms with Crippen molar-refractivity contribution in [3.8, 4) is 0 Å². The van der Waals surface area contributed by atoms with Crippen molar-refractivity contribution in [3.05, 3.63) is 58.2 Å². The Labute approximate surface area is 139 Å². The maximum absolute atomic E-state index is 2.38. The van der Waals surface area contributed by atoms with Gasteiger partial charge in [0.1, 0.15) is 0 Å². The molecule has 0 heterocycles. The fourth-order valence-corrected chi connectivity index (χ4v) is 2.68. The molecule has 0 amide bonds. The molecule has 22 heavy (non-hydrogen) atoms. The van der Waals surface area contributed by atoms with Crippen molar-refractivity contribution in [1.82, 2.24) is 0 Å². The van der Waals surface area contributed by atoms with E-state index in [2.05, 4.69) is 92.7 Å². The van der Waals surface area contributed by atoms with Gasteiger partial charge in [0, 0.05) is 5.41 Å². The predicted molar refractivity (Wildman–Crippen MR) is 103 cm³/mol. The summed E-state index contributed by atoms with van der Waals surface area (Å²) < 4.78 is 0. The first-order valence-electron chi connectivity index (χ1n) is 8.56. The average Bonchev–Trinajstić information content (AvgIpc) is 2.46. The van der Waals surface area contributed by atoms with Gasteiger partial charge in [0.2, 0.25) is 0 Å². The summed E-state index contributed by atoms with van der Waals surface area (Å²) in [7, 11) is 0. The SMILES string of the molecule is CC=C/C=C(\C=C(C)C)C(C)(CC)/C(C=C(C)C)=C(\C)CC. The second-order valence-corrected chi connectivity index (χ2v) is 6.82. The van der Waals surface area contributed by atoms with Gasteiger partial charge in [0.25, 0.3) is 0 Å². The lowest BCUT2D eigenvalue weighted by Crippen LogP contribution is -2.21. The number of hydrogen-bond donors (Lipinski definition) is 0. The van der Waals surface area contributed by atoms with Crippen molar-refractivity contribution >= 4 is 0 Å². The summed E-state index contributed by atoms with van der Waals surface area (Å²) in [6, 6.07) is 0. The third-order valence-electron chi connectivity index (χ3n) is 4.27. The van der Waals surface area contributed by atoms with Crippen LogP contribution in [0.2, 0.25) is 0 Å². The Balaban J connectivity index is 6.41. The van der Waals surface area contributed by atoms with Crippen molar-refractivity contribution in [2.75, 3.05) is 0 Å². The molecule has 0 saturated heterocycles. The molecule has 0 aliphatic rings. The van der Waals surface area contributed by atoms with Crippen molar-refractivity contribution in [2.45, 2.75) is 75.2 Å². The largest absolute Gasteiger partial charge is 0.0877 e. The van der Waals surface area contributed by atoms with Gasteiger partial charge < -0.3 is 0 Å². The first kappa shape index (κ1) is 20.7. The summed E-state index contributed by atoms with van der Waals surface area (Å²) in [5.74, 6) is 0. The van der Waals surface area contributed by atoms with Crippen LogP contribution in [-0.4, -0.2) is 0 Å². The molecule has 0 saturated carbocycles. The third kappa shape index (κ3) is 5.83. The van der Waals surface area contributed by atoms with Crippen LogP contribution in [0.1, 0.15) is 75.2 Å². The van der Waals surface area contributed by atoms with Crippen LogP contribution in [0.5, 0.6) is 0 Å². The number of allylic oxidation sites excluding steroid dienone is 10. The molecular weight excluding hydrogens is 264 g/mol. The zero-order valence-corrected chi connectivity index (χ0v) is 16.3. The quantitative estimate of drug-likeness (QED) is 0.425. The second-order valence-electron chi connectivity index (χ2n) is 6.82. The highest BCUT2D eigenvalue weighted by molar-refractivity contribution is 5.45. The minimum absolute atomic E-state index is 0.0497. The van der Waals surface area contributed by atoms with Gasteiger partial charge in [-0.05, 0) is 65.5 Å². The lowest BCUT2D eigenvalue weighted by Gasteiger charge is -2.34. The topological polar surface area (TPSA) is 0 Å². The minimum atomic E-state index is 0.0497. The molecule has 1 unspecified atom stereocenters. The highest BCUT2D eigenvalue weighted by atomic mass is 14.3. The Kier molecular flexibility index (Phi) is 9.09. The van der Waals surface area contributed by atoms with Gasteiger partial charge in [-0.2, -0.15) is 0 Å². The summed E-state index contributed by atoms with van der Waals surface area (Å²) in [5, 5.41) is 0. The molecule has 0 aliphatic carbocycles. The molecule has 0 nitrogen and oxygen atoms in total. The zero-order valence-electron chi connectivity index (χ0n) is 16.3. The first-order valence-corrected chi connectivity index (χ1v) is 8.56. The molecule has 0 bridgehead atoms. The summed E-state index contributed by atoms with van der Waals surface area (Å²) in [5.41, 5.74) is 7.12. The fraction of sp³-hybridized carbons (Fsp3) is 0.545. The number of rotatable bonds is 7. The van der Waals surface area contributed by atoms with Crippen LogP contribution in [0.25, 0.3) is 0 Å². The molecule has 124 valence electrons. The normalized spacial score (nSPS) is 16.1. The van der Waals surface area contributed by atoms with Gasteiger partial charge in [0.15, 0.2) is 0 Å². The molecule has 0 radical (unpaired) electrons. The molecule has 0 aliphatic heterocycles. The van der Waals surface area contributed by atoms with Crippen LogP contribution in [0.3, 0.4) is 0 Å². The van der Waals surface area contributed by atoms with Gasteiger partial charge in [-0.1, -0.05) is 67.9 Å². The van der Waals surface area contributed by atoms with Crippen LogP contribution < -0.4 is 0 Å². The van der Waals surface area contributed by atoms with E-state index in [-0.39, 0.29) is 5.41 Å². The van der Waals surface area contributed by atoms with E-state index >= 15 is 0 Å². The molecule has 0 aromatic carbocycles. The lowest BCUT2D eigenvalue weighted by molar-refractivity contribution is 0.476. The lowest BCUT2D eigenvalue weighted by atomic mass is 9.70. The smallest absolute Gasteiger partial charge is 0.0171 e. The number of hydrogen-bond acceptors (Lipinski definition) is 0. The summed E-state index contributed by atoms with van der Waals surface area (Å²) in [6.45, 7) is 20.0. The maximum Gasteiger partial charge on any atom is 0.0171 e. The van der Waals surface area contributed by atoms with E-state index in [9.17, 15) is 0 Å².